The van der Waals surface area contributed by atoms with Crippen LogP contribution in [-0.2, 0) is 14.3 Å². The van der Waals surface area contributed by atoms with Crippen LogP contribution in [0, 0.1) is 17.3 Å². The minimum Gasteiger partial charge on any atom is -0.481 e. The molecule has 0 unspecified atom stereocenters. The number of rotatable bonds is 2. The summed E-state index contributed by atoms with van der Waals surface area (Å²) in [7, 11) is 1.29. The first-order chi connectivity index (χ1) is 6.94. The van der Waals surface area contributed by atoms with E-state index in [0.717, 1.165) is 0 Å². The molecule has 1 aliphatic carbocycles. The van der Waals surface area contributed by atoms with E-state index < -0.39 is 23.3 Å². The zero-order valence-corrected chi connectivity index (χ0v) is 9.19. The molecule has 4 heteroatoms. The number of allylic oxidation sites excluding steroid dienone is 2. The Morgan fingerprint density at radius 3 is 2.60 bits per heavy atom. The molecular weight excluding hydrogens is 196 g/mol. The van der Waals surface area contributed by atoms with Crippen molar-refractivity contribution in [1.82, 2.24) is 0 Å². The molecule has 1 aliphatic rings. The van der Waals surface area contributed by atoms with Gasteiger partial charge in [0.05, 0.1) is 18.4 Å². The first kappa shape index (κ1) is 11.8. The van der Waals surface area contributed by atoms with Crippen LogP contribution in [0.1, 0.15) is 20.3 Å². The van der Waals surface area contributed by atoms with E-state index in [1.54, 1.807) is 13.8 Å². The van der Waals surface area contributed by atoms with Gasteiger partial charge in [-0.1, -0.05) is 19.1 Å². The summed E-state index contributed by atoms with van der Waals surface area (Å²) < 4.78 is 4.65. The van der Waals surface area contributed by atoms with Gasteiger partial charge in [-0.15, -0.1) is 0 Å². The average molecular weight is 212 g/mol. The van der Waals surface area contributed by atoms with Crippen LogP contribution in [-0.4, -0.2) is 24.2 Å². The van der Waals surface area contributed by atoms with Gasteiger partial charge in [0.1, 0.15) is 0 Å². The second kappa shape index (κ2) is 4.04. The van der Waals surface area contributed by atoms with E-state index in [4.69, 9.17) is 0 Å². The molecule has 0 aromatic rings. The Morgan fingerprint density at radius 1 is 1.53 bits per heavy atom. The van der Waals surface area contributed by atoms with Gasteiger partial charge in [0.15, 0.2) is 0 Å². The predicted octanol–water partition coefficient (Wildman–Crippen LogP) is 1.46. The molecule has 0 saturated heterocycles. The first-order valence-electron chi connectivity index (χ1n) is 4.92. The summed E-state index contributed by atoms with van der Waals surface area (Å²) in [6.45, 7) is 3.41. The molecule has 0 fully saturated rings. The summed E-state index contributed by atoms with van der Waals surface area (Å²) in [5.41, 5.74) is -1.07. The Bertz CT molecular complexity index is 308. The molecule has 15 heavy (non-hydrogen) atoms. The van der Waals surface area contributed by atoms with Gasteiger partial charge in [0.25, 0.3) is 0 Å². The van der Waals surface area contributed by atoms with Crippen molar-refractivity contribution < 1.29 is 19.4 Å². The lowest BCUT2D eigenvalue weighted by atomic mass is 9.64. The highest BCUT2D eigenvalue weighted by atomic mass is 16.5. The van der Waals surface area contributed by atoms with Crippen LogP contribution in [0.4, 0.5) is 0 Å². The third-order valence-electron chi connectivity index (χ3n) is 3.41. The molecular formula is C11H16O4. The summed E-state index contributed by atoms with van der Waals surface area (Å²) >= 11 is 0. The lowest BCUT2D eigenvalue weighted by Crippen LogP contribution is -2.46. The first-order valence-corrected chi connectivity index (χ1v) is 4.92. The van der Waals surface area contributed by atoms with Gasteiger partial charge < -0.3 is 9.84 Å². The van der Waals surface area contributed by atoms with Crippen LogP contribution in [0.2, 0.25) is 0 Å². The van der Waals surface area contributed by atoms with Crippen molar-refractivity contribution in [2.45, 2.75) is 20.3 Å². The van der Waals surface area contributed by atoms with E-state index in [1.165, 1.54) is 7.11 Å². The van der Waals surface area contributed by atoms with E-state index >= 15 is 0 Å². The van der Waals surface area contributed by atoms with Crippen LogP contribution < -0.4 is 0 Å². The second-order valence-electron chi connectivity index (χ2n) is 4.12. The molecule has 1 rings (SSSR count). The molecule has 0 aromatic carbocycles. The molecule has 0 amide bonds. The Balaban J connectivity index is 3.10. The van der Waals surface area contributed by atoms with E-state index in [9.17, 15) is 14.7 Å². The van der Waals surface area contributed by atoms with Crippen molar-refractivity contribution in [3.8, 4) is 0 Å². The summed E-state index contributed by atoms with van der Waals surface area (Å²) in [4.78, 5) is 22.8. The number of hydrogen-bond acceptors (Lipinski definition) is 3. The van der Waals surface area contributed by atoms with Crippen molar-refractivity contribution >= 4 is 11.9 Å². The summed E-state index contributed by atoms with van der Waals surface area (Å²) in [5, 5.41) is 9.24. The fourth-order valence-corrected chi connectivity index (χ4v) is 2.01. The summed E-state index contributed by atoms with van der Waals surface area (Å²) in [6, 6.07) is 0. The molecule has 0 aromatic heterocycles. The highest BCUT2D eigenvalue weighted by Crippen LogP contribution is 2.42. The number of methoxy groups -OCH3 is 1. The standard InChI is InChI=1S/C11H16O4/c1-7-5-4-6-8(9(12)15-3)11(7,2)10(13)14/h4-5,7-8H,6H2,1-3H3,(H,13,14)/t7-,8+,11-/m0/s1. The van der Waals surface area contributed by atoms with Gasteiger partial charge in [0.2, 0.25) is 0 Å². The third-order valence-corrected chi connectivity index (χ3v) is 3.41. The molecule has 0 saturated carbocycles. The maximum Gasteiger partial charge on any atom is 0.310 e. The van der Waals surface area contributed by atoms with Crippen molar-refractivity contribution in [2.75, 3.05) is 7.11 Å². The molecule has 0 heterocycles. The van der Waals surface area contributed by atoms with Crippen LogP contribution in [0.3, 0.4) is 0 Å². The molecule has 0 radical (unpaired) electrons. The van der Waals surface area contributed by atoms with E-state index in [1.807, 2.05) is 12.2 Å². The number of carbonyl (C=O) groups is 2. The van der Waals surface area contributed by atoms with Crippen molar-refractivity contribution in [2.24, 2.45) is 17.3 Å². The zero-order valence-electron chi connectivity index (χ0n) is 9.19. The number of carboxylic acids is 1. The van der Waals surface area contributed by atoms with Gasteiger partial charge in [-0.05, 0) is 19.3 Å². The predicted molar refractivity (Wildman–Crippen MR) is 54.2 cm³/mol. The van der Waals surface area contributed by atoms with Crippen LogP contribution in [0.5, 0.6) is 0 Å². The van der Waals surface area contributed by atoms with E-state index in [0.29, 0.717) is 6.42 Å². The largest absolute Gasteiger partial charge is 0.481 e. The molecule has 4 nitrogen and oxygen atoms in total. The smallest absolute Gasteiger partial charge is 0.310 e. The van der Waals surface area contributed by atoms with Gasteiger partial charge in [-0.3, -0.25) is 9.59 Å². The third kappa shape index (κ3) is 1.76. The normalized spacial score (nSPS) is 34.9. The maximum absolute atomic E-state index is 11.5. The van der Waals surface area contributed by atoms with Crippen molar-refractivity contribution in [3.05, 3.63) is 12.2 Å². The lowest BCUT2D eigenvalue weighted by molar-refractivity contribution is -0.166. The van der Waals surface area contributed by atoms with Crippen LogP contribution >= 0.6 is 0 Å². The molecule has 3 atom stereocenters. The second-order valence-corrected chi connectivity index (χ2v) is 4.12. The molecule has 0 spiro atoms. The van der Waals surface area contributed by atoms with Gasteiger partial charge in [-0.2, -0.15) is 0 Å². The quantitative estimate of drug-likeness (QED) is 0.556. The average Bonchev–Trinajstić information content (AvgIpc) is 2.20. The van der Waals surface area contributed by atoms with Crippen molar-refractivity contribution in [1.29, 1.82) is 0 Å². The molecule has 0 aliphatic heterocycles. The molecule has 1 N–H and O–H groups in total. The number of carbonyl (C=O) groups excluding carboxylic acids is 1. The minimum atomic E-state index is -1.07. The van der Waals surface area contributed by atoms with Crippen molar-refractivity contribution in [3.63, 3.8) is 0 Å². The number of hydrogen-bond donors (Lipinski definition) is 1. The Morgan fingerprint density at radius 2 is 2.13 bits per heavy atom. The fraction of sp³-hybridized carbons (Fsp3) is 0.636. The Kier molecular flexibility index (Phi) is 3.17. The number of carboxylic acid groups (broad SMARTS) is 1. The Hall–Kier alpha value is -1.32. The SMILES string of the molecule is COC(=O)[C@H]1CC=C[C@H](C)[C@]1(C)C(=O)O. The Labute approximate surface area is 88.9 Å². The van der Waals surface area contributed by atoms with Gasteiger partial charge >= 0.3 is 11.9 Å². The number of ether oxygens (including phenoxy) is 1. The molecule has 0 bridgehead atoms. The monoisotopic (exact) mass is 212 g/mol. The van der Waals surface area contributed by atoms with Crippen LogP contribution in [0.25, 0.3) is 0 Å². The highest BCUT2D eigenvalue weighted by Gasteiger charge is 2.50. The van der Waals surface area contributed by atoms with Gasteiger partial charge in [0, 0.05) is 0 Å². The number of aliphatic carboxylic acids is 1. The number of esters is 1. The van der Waals surface area contributed by atoms with E-state index in [-0.39, 0.29) is 5.92 Å². The summed E-state index contributed by atoms with van der Waals surface area (Å²) in [5.74, 6) is -2.17. The highest BCUT2D eigenvalue weighted by molar-refractivity contribution is 5.85. The van der Waals surface area contributed by atoms with E-state index in [2.05, 4.69) is 4.74 Å². The zero-order chi connectivity index (χ0) is 11.6. The van der Waals surface area contributed by atoms with Crippen LogP contribution in [0.15, 0.2) is 12.2 Å². The fourth-order valence-electron chi connectivity index (χ4n) is 2.01. The topological polar surface area (TPSA) is 63.6 Å². The molecule has 84 valence electrons. The minimum absolute atomic E-state index is 0.173. The summed E-state index contributed by atoms with van der Waals surface area (Å²) in [6.07, 6.45) is 4.12. The maximum atomic E-state index is 11.5. The van der Waals surface area contributed by atoms with Gasteiger partial charge in [-0.25, -0.2) is 0 Å². The lowest BCUT2D eigenvalue weighted by Gasteiger charge is -2.38.